The number of aromatic nitrogens is 1. The van der Waals surface area contributed by atoms with Crippen molar-refractivity contribution >= 4 is 25.8 Å². The van der Waals surface area contributed by atoms with E-state index in [-0.39, 0.29) is 12.4 Å². The van der Waals surface area contributed by atoms with Crippen molar-refractivity contribution in [3.63, 3.8) is 0 Å². The molecule has 0 aliphatic rings. The Morgan fingerprint density at radius 2 is 2.00 bits per heavy atom. The van der Waals surface area contributed by atoms with Crippen molar-refractivity contribution in [2.24, 2.45) is 0 Å². The van der Waals surface area contributed by atoms with E-state index in [0.29, 0.717) is 11.1 Å². The lowest BCUT2D eigenvalue weighted by Gasteiger charge is -2.19. The Morgan fingerprint density at radius 1 is 1.33 bits per heavy atom. The molecule has 0 atom stereocenters. The van der Waals surface area contributed by atoms with Crippen molar-refractivity contribution in [3.8, 4) is 5.75 Å². The molecule has 0 unspecified atom stereocenters. The van der Waals surface area contributed by atoms with E-state index in [2.05, 4.69) is 20.9 Å². The summed E-state index contributed by atoms with van der Waals surface area (Å²) in [4.78, 5) is 4.14. The summed E-state index contributed by atoms with van der Waals surface area (Å²) in [5.74, 6) is 0.597. The van der Waals surface area contributed by atoms with Gasteiger partial charge in [-0.3, -0.25) is 4.98 Å². The molecule has 18 heavy (non-hydrogen) atoms. The fourth-order valence-corrected chi connectivity index (χ4v) is 2.40. The second-order valence-electron chi connectivity index (χ2n) is 4.90. The minimum atomic E-state index is -3.13. The number of halogens is 1. The van der Waals surface area contributed by atoms with E-state index in [4.69, 9.17) is 4.74 Å². The van der Waals surface area contributed by atoms with Crippen molar-refractivity contribution in [2.75, 3.05) is 12.4 Å². The molecule has 1 heterocycles. The summed E-state index contributed by atoms with van der Waals surface area (Å²) < 4.78 is 28.3. The molecule has 0 amide bonds. The van der Waals surface area contributed by atoms with Crippen LogP contribution in [0.15, 0.2) is 18.3 Å². The van der Waals surface area contributed by atoms with Gasteiger partial charge in [-0.25, -0.2) is 8.42 Å². The summed E-state index contributed by atoms with van der Waals surface area (Å²) in [6, 6.07) is 3.62. The highest BCUT2D eigenvalue weighted by Gasteiger charge is 2.28. The molecule has 0 N–H and O–H groups in total. The Labute approximate surface area is 117 Å². The van der Waals surface area contributed by atoms with Gasteiger partial charge >= 0.3 is 0 Å². The third-order valence-electron chi connectivity index (χ3n) is 2.49. The second kappa shape index (κ2) is 6.02. The van der Waals surface area contributed by atoms with Gasteiger partial charge in [0.15, 0.2) is 9.84 Å². The van der Waals surface area contributed by atoms with Gasteiger partial charge in [0.25, 0.3) is 0 Å². The van der Waals surface area contributed by atoms with E-state index in [9.17, 15) is 8.42 Å². The van der Waals surface area contributed by atoms with Crippen molar-refractivity contribution in [1.29, 1.82) is 0 Å². The molecule has 0 saturated heterocycles. The average Bonchev–Trinajstić information content (AvgIpc) is 2.28. The summed E-state index contributed by atoms with van der Waals surface area (Å²) in [7, 11) is -3.13. The Hall–Kier alpha value is -0.620. The molecule has 6 heteroatoms. The zero-order valence-electron chi connectivity index (χ0n) is 10.8. The molecule has 0 aromatic carbocycles. The van der Waals surface area contributed by atoms with E-state index in [0.717, 1.165) is 5.69 Å². The number of hydrogen-bond acceptors (Lipinski definition) is 4. The lowest BCUT2D eigenvalue weighted by Crippen LogP contribution is -2.32. The number of hydrogen-bond donors (Lipinski definition) is 0. The van der Waals surface area contributed by atoms with Gasteiger partial charge < -0.3 is 4.74 Å². The van der Waals surface area contributed by atoms with Crippen LogP contribution in [-0.2, 0) is 15.2 Å². The fraction of sp³-hybridized carbons (Fsp3) is 0.583. The van der Waals surface area contributed by atoms with E-state index < -0.39 is 14.6 Å². The first-order valence-corrected chi connectivity index (χ1v) is 8.39. The van der Waals surface area contributed by atoms with Crippen molar-refractivity contribution in [2.45, 2.75) is 30.8 Å². The Kier molecular flexibility index (Phi) is 5.16. The molecule has 0 fully saturated rings. The largest absolute Gasteiger partial charge is 0.491 e. The second-order valence-corrected chi connectivity index (χ2v) is 8.32. The fourth-order valence-electron chi connectivity index (χ4n) is 1.15. The molecule has 0 aliphatic carbocycles. The molecular formula is C12H18BrNO3S. The zero-order chi connectivity index (χ0) is 13.8. The molecule has 102 valence electrons. The van der Waals surface area contributed by atoms with Crippen LogP contribution in [0.5, 0.6) is 5.75 Å². The highest BCUT2D eigenvalue weighted by Crippen LogP contribution is 2.16. The summed E-state index contributed by atoms with van der Waals surface area (Å²) >= 11 is 3.30. The highest BCUT2D eigenvalue weighted by atomic mass is 79.9. The Morgan fingerprint density at radius 3 is 2.44 bits per heavy atom. The first-order valence-electron chi connectivity index (χ1n) is 5.62. The standard InChI is InChI=1S/C12H18BrNO3S/c1-12(2,3)18(15,16)7-6-17-11-5-4-10(8-13)14-9-11/h4-5,9H,6-8H2,1-3H3. The minimum Gasteiger partial charge on any atom is -0.491 e. The number of ether oxygens (including phenoxy) is 1. The number of alkyl halides is 1. The minimum absolute atomic E-state index is 0.0106. The Balaban J connectivity index is 2.52. The first-order chi connectivity index (χ1) is 8.26. The summed E-state index contributed by atoms with van der Waals surface area (Å²) in [6.07, 6.45) is 1.60. The molecule has 0 spiro atoms. The van der Waals surface area contributed by atoms with Crippen LogP contribution >= 0.6 is 15.9 Å². The van der Waals surface area contributed by atoms with Gasteiger partial charge in [0, 0.05) is 5.33 Å². The maximum Gasteiger partial charge on any atom is 0.158 e. The number of sulfone groups is 1. The maximum absolute atomic E-state index is 11.8. The smallest absolute Gasteiger partial charge is 0.158 e. The molecular weight excluding hydrogens is 318 g/mol. The maximum atomic E-state index is 11.8. The molecule has 1 aromatic rings. The predicted molar refractivity (Wildman–Crippen MR) is 75.9 cm³/mol. The highest BCUT2D eigenvalue weighted by molar-refractivity contribution is 9.08. The van der Waals surface area contributed by atoms with Crippen LogP contribution in [0.25, 0.3) is 0 Å². The van der Waals surface area contributed by atoms with Gasteiger partial charge in [0.1, 0.15) is 12.4 Å². The van der Waals surface area contributed by atoms with Crippen LogP contribution in [-0.4, -0.2) is 30.5 Å². The van der Waals surface area contributed by atoms with Crippen LogP contribution in [0.3, 0.4) is 0 Å². The molecule has 1 aromatic heterocycles. The van der Waals surface area contributed by atoms with Crippen LogP contribution < -0.4 is 4.74 Å². The van der Waals surface area contributed by atoms with Gasteiger partial charge in [0.2, 0.25) is 0 Å². The zero-order valence-corrected chi connectivity index (χ0v) is 13.2. The Bertz CT molecular complexity index is 477. The third kappa shape index (κ3) is 4.24. The van der Waals surface area contributed by atoms with Gasteiger partial charge in [-0.05, 0) is 32.9 Å². The van der Waals surface area contributed by atoms with E-state index in [1.807, 2.05) is 6.07 Å². The first kappa shape index (κ1) is 15.4. The summed E-state index contributed by atoms with van der Waals surface area (Å²) in [5.41, 5.74) is 0.907. The molecule has 0 bridgehead atoms. The molecule has 0 saturated carbocycles. The van der Waals surface area contributed by atoms with Crippen molar-refractivity contribution in [3.05, 3.63) is 24.0 Å². The van der Waals surface area contributed by atoms with E-state index >= 15 is 0 Å². The van der Waals surface area contributed by atoms with E-state index in [1.54, 1.807) is 33.0 Å². The lowest BCUT2D eigenvalue weighted by atomic mass is 10.3. The topological polar surface area (TPSA) is 56.3 Å². The third-order valence-corrected chi connectivity index (χ3v) is 5.63. The normalized spacial score (nSPS) is 12.4. The number of rotatable bonds is 5. The monoisotopic (exact) mass is 335 g/mol. The molecule has 4 nitrogen and oxygen atoms in total. The SMILES string of the molecule is CC(C)(C)S(=O)(=O)CCOc1ccc(CBr)nc1. The van der Waals surface area contributed by atoms with Crippen molar-refractivity contribution < 1.29 is 13.2 Å². The molecule has 1 rings (SSSR count). The van der Waals surface area contributed by atoms with E-state index in [1.165, 1.54) is 0 Å². The van der Waals surface area contributed by atoms with Crippen molar-refractivity contribution in [1.82, 2.24) is 4.98 Å². The summed E-state index contributed by atoms with van der Waals surface area (Å²) in [5, 5.41) is 0.686. The van der Waals surface area contributed by atoms with Gasteiger partial charge in [-0.2, -0.15) is 0 Å². The molecule has 0 radical (unpaired) electrons. The number of pyridine rings is 1. The van der Waals surface area contributed by atoms with Crippen LogP contribution in [0.4, 0.5) is 0 Å². The molecule has 0 aliphatic heterocycles. The lowest BCUT2D eigenvalue weighted by molar-refractivity contribution is 0.338. The number of nitrogens with zero attached hydrogens (tertiary/aromatic N) is 1. The van der Waals surface area contributed by atoms with Gasteiger partial charge in [-0.15, -0.1) is 0 Å². The average molecular weight is 336 g/mol. The van der Waals surface area contributed by atoms with Gasteiger partial charge in [0.05, 0.1) is 22.4 Å². The quantitative estimate of drug-likeness (QED) is 0.776. The predicted octanol–water partition coefficient (Wildman–Crippen LogP) is 2.57. The van der Waals surface area contributed by atoms with Crippen LogP contribution in [0.1, 0.15) is 26.5 Å². The van der Waals surface area contributed by atoms with Crippen LogP contribution in [0, 0.1) is 0 Å². The van der Waals surface area contributed by atoms with Crippen LogP contribution in [0.2, 0.25) is 0 Å². The summed E-state index contributed by atoms with van der Waals surface area (Å²) in [6.45, 7) is 5.22. The van der Waals surface area contributed by atoms with Gasteiger partial charge in [-0.1, -0.05) is 15.9 Å².